The Balaban J connectivity index is 1.80. The van der Waals surface area contributed by atoms with Gasteiger partial charge in [0.15, 0.2) is 0 Å². The average Bonchev–Trinajstić information content (AvgIpc) is 2.03. The molecule has 0 aromatic heterocycles. The van der Waals surface area contributed by atoms with Crippen LogP contribution in [0.4, 0.5) is 0 Å². The van der Waals surface area contributed by atoms with Crippen LogP contribution in [0.1, 0.15) is 26.2 Å². The largest absolute Gasteiger partial charge is 0.390 e. The summed E-state index contributed by atoms with van der Waals surface area (Å²) < 4.78 is 10.8. The lowest BCUT2D eigenvalue weighted by Gasteiger charge is -2.36. The second-order valence-electron chi connectivity index (χ2n) is 4.32. The van der Waals surface area contributed by atoms with Crippen molar-refractivity contribution in [3.05, 3.63) is 0 Å². The lowest BCUT2D eigenvalue weighted by molar-refractivity contribution is -0.185. The fraction of sp³-hybridized carbons (Fsp3) is 1.00. The Bertz CT molecular complexity index is 168. The van der Waals surface area contributed by atoms with Crippen molar-refractivity contribution in [3.63, 3.8) is 0 Å². The van der Waals surface area contributed by atoms with E-state index in [1.165, 1.54) is 0 Å². The van der Waals surface area contributed by atoms with Crippen molar-refractivity contribution >= 4 is 0 Å². The van der Waals surface area contributed by atoms with Crippen molar-refractivity contribution in [3.8, 4) is 0 Å². The topological polar surface area (TPSA) is 38.7 Å². The van der Waals surface area contributed by atoms with Crippen LogP contribution in [0.2, 0.25) is 0 Å². The van der Waals surface area contributed by atoms with Gasteiger partial charge in [-0.1, -0.05) is 6.92 Å². The number of aliphatic hydroxyl groups is 1. The van der Waals surface area contributed by atoms with E-state index in [0.29, 0.717) is 19.1 Å². The van der Waals surface area contributed by atoms with Gasteiger partial charge >= 0.3 is 0 Å². The quantitative estimate of drug-likeness (QED) is 0.698. The summed E-state index contributed by atoms with van der Waals surface area (Å²) in [5.74, 6) is 0.689. The highest BCUT2D eigenvalue weighted by Crippen LogP contribution is 2.27. The summed E-state index contributed by atoms with van der Waals surface area (Å²) in [5.41, 5.74) is 0. The summed E-state index contributed by atoms with van der Waals surface area (Å²) >= 11 is 0. The first-order chi connectivity index (χ1) is 6.25. The molecule has 0 aromatic rings. The van der Waals surface area contributed by atoms with E-state index in [0.717, 1.165) is 19.3 Å². The molecule has 1 N–H and O–H groups in total. The highest BCUT2D eigenvalue weighted by Gasteiger charge is 2.32. The molecule has 1 aliphatic heterocycles. The molecule has 13 heavy (non-hydrogen) atoms. The number of ether oxygens (including phenoxy) is 2. The van der Waals surface area contributed by atoms with Gasteiger partial charge in [0.1, 0.15) is 6.10 Å². The van der Waals surface area contributed by atoms with Crippen LogP contribution in [0.3, 0.4) is 0 Å². The van der Waals surface area contributed by atoms with Gasteiger partial charge in [-0.25, -0.2) is 0 Å². The van der Waals surface area contributed by atoms with Crippen molar-refractivity contribution in [1.29, 1.82) is 0 Å². The van der Waals surface area contributed by atoms with Crippen LogP contribution in [0.15, 0.2) is 0 Å². The Hall–Kier alpha value is -0.120. The van der Waals surface area contributed by atoms with Gasteiger partial charge in [0.05, 0.1) is 25.4 Å². The van der Waals surface area contributed by atoms with Gasteiger partial charge in [-0.05, 0) is 25.2 Å². The van der Waals surface area contributed by atoms with Gasteiger partial charge in [-0.2, -0.15) is 0 Å². The molecule has 0 spiro atoms. The zero-order chi connectivity index (χ0) is 9.26. The standard InChI is InChI=1S/C10H18O3/c1-7-2-3-9(11)10(4-7)13-8-5-12-6-8/h7-11H,2-6H2,1H3. The van der Waals surface area contributed by atoms with Crippen molar-refractivity contribution < 1.29 is 14.6 Å². The monoisotopic (exact) mass is 186 g/mol. The van der Waals surface area contributed by atoms with Gasteiger partial charge in [0, 0.05) is 0 Å². The van der Waals surface area contributed by atoms with Crippen LogP contribution in [0, 0.1) is 5.92 Å². The molecule has 2 fully saturated rings. The first-order valence-electron chi connectivity index (χ1n) is 5.17. The molecule has 1 saturated heterocycles. The van der Waals surface area contributed by atoms with E-state index in [1.54, 1.807) is 0 Å². The molecule has 3 heteroatoms. The minimum absolute atomic E-state index is 0.0534. The molecule has 0 amide bonds. The molecule has 0 bridgehead atoms. The van der Waals surface area contributed by atoms with E-state index in [1.807, 2.05) is 0 Å². The normalized spacial score (nSPS) is 41.5. The van der Waals surface area contributed by atoms with Crippen molar-refractivity contribution in [2.45, 2.75) is 44.5 Å². The van der Waals surface area contributed by atoms with E-state index < -0.39 is 0 Å². The summed E-state index contributed by atoms with van der Waals surface area (Å²) in [5, 5.41) is 9.69. The molecule has 3 nitrogen and oxygen atoms in total. The van der Waals surface area contributed by atoms with Crippen LogP contribution in [-0.2, 0) is 9.47 Å². The molecule has 3 atom stereocenters. The second-order valence-corrected chi connectivity index (χ2v) is 4.32. The fourth-order valence-electron chi connectivity index (χ4n) is 2.00. The molecule has 2 rings (SSSR count). The third-order valence-corrected chi connectivity index (χ3v) is 2.99. The zero-order valence-electron chi connectivity index (χ0n) is 8.11. The molecular formula is C10H18O3. The lowest BCUT2D eigenvalue weighted by atomic mass is 9.86. The third kappa shape index (κ3) is 2.22. The molecule has 1 heterocycles. The van der Waals surface area contributed by atoms with Gasteiger partial charge < -0.3 is 14.6 Å². The zero-order valence-corrected chi connectivity index (χ0v) is 8.11. The average molecular weight is 186 g/mol. The van der Waals surface area contributed by atoms with Crippen LogP contribution in [-0.4, -0.2) is 36.6 Å². The molecule has 76 valence electrons. The highest BCUT2D eigenvalue weighted by molar-refractivity contribution is 4.80. The first kappa shape index (κ1) is 9.44. The molecule has 3 unspecified atom stereocenters. The van der Waals surface area contributed by atoms with Crippen molar-refractivity contribution in [2.24, 2.45) is 5.92 Å². The van der Waals surface area contributed by atoms with Crippen LogP contribution >= 0.6 is 0 Å². The maximum Gasteiger partial charge on any atom is 0.105 e. The van der Waals surface area contributed by atoms with Crippen LogP contribution in [0.25, 0.3) is 0 Å². The summed E-state index contributed by atoms with van der Waals surface area (Å²) in [6.45, 7) is 3.63. The van der Waals surface area contributed by atoms with E-state index in [4.69, 9.17) is 9.47 Å². The lowest BCUT2D eigenvalue weighted by Crippen LogP contribution is -2.44. The van der Waals surface area contributed by atoms with Crippen LogP contribution in [0.5, 0.6) is 0 Å². The fourth-order valence-corrected chi connectivity index (χ4v) is 2.00. The second kappa shape index (κ2) is 3.95. The highest BCUT2D eigenvalue weighted by atomic mass is 16.6. The van der Waals surface area contributed by atoms with E-state index in [9.17, 15) is 5.11 Å². The predicted octanol–water partition coefficient (Wildman–Crippen LogP) is 0.951. The number of hydrogen-bond acceptors (Lipinski definition) is 3. The van der Waals surface area contributed by atoms with Gasteiger partial charge in [-0.15, -0.1) is 0 Å². The molecule has 0 radical (unpaired) electrons. The smallest absolute Gasteiger partial charge is 0.105 e. The minimum atomic E-state index is -0.253. The summed E-state index contributed by atoms with van der Waals surface area (Å²) in [7, 11) is 0. The van der Waals surface area contributed by atoms with Crippen molar-refractivity contribution in [2.75, 3.05) is 13.2 Å². The summed E-state index contributed by atoms with van der Waals surface area (Å²) in [6, 6.07) is 0. The SMILES string of the molecule is CC1CCC(O)C(OC2COC2)C1. The summed E-state index contributed by atoms with van der Waals surface area (Å²) in [4.78, 5) is 0. The van der Waals surface area contributed by atoms with Crippen molar-refractivity contribution in [1.82, 2.24) is 0 Å². The van der Waals surface area contributed by atoms with E-state index >= 15 is 0 Å². The Morgan fingerprint density at radius 1 is 1.31 bits per heavy atom. The molecule has 1 saturated carbocycles. The summed E-state index contributed by atoms with van der Waals surface area (Å²) in [6.07, 6.45) is 3.05. The number of hydrogen-bond donors (Lipinski definition) is 1. The Kier molecular flexibility index (Phi) is 2.86. The Morgan fingerprint density at radius 3 is 2.69 bits per heavy atom. The maximum absolute atomic E-state index is 9.69. The van der Waals surface area contributed by atoms with Gasteiger partial charge in [0.25, 0.3) is 0 Å². The van der Waals surface area contributed by atoms with E-state index in [2.05, 4.69) is 6.92 Å². The predicted molar refractivity (Wildman–Crippen MR) is 48.5 cm³/mol. The third-order valence-electron chi connectivity index (χ3n) is 2.99. The molecular weight excluding hydrogens is 168 g/mol. The minimum Gasteiger partial charge on any atom is -0.390 e. The van der Waals surface area contributed by atoms with E-state index in [-0.39, 0.29) is 18.3 Å². The van der Waals surface area contributed by atoms with Gasteiger partial charge in [-0.3, -0.25) is 0 Å². The number of aliphatic hydroxyl groups excluding tert-OH is 1. The first-order valence-corrected chi connectivity index (χ1v) is 5.17. The number of rotatable bonds is 2. The Morgan fingerprint density at radius 2 is 2.08 bits per heavy atom. The van der Waals surface area contributed by atoms with Gasteiger partial charge in [0.2, 0.25) is 0 Å². The van der Waals surface area contributed by atoms with Crippen LogP contribution < -0.4 is 0 Å². The molecule has 0 aromatic carbocycles. The maximum atomic E-state index is 9.69. The molecule has 2 aliphatic rings. The molecule has 1 aliphatic carbocycles. The Labute approximate surface area is 79.0 Å².